The molecule has 1 aromatic heterocycles. The van der Waals surface area contributed by atoms with E-state index < -0.39 is 9.84 Å². The summed E-state index contributed by atoms with van der Waals surface area (Å²) in [6, 6.07) is 9.78. The lowest BCUT2D eigenvalue weighted by Crippen LogP contribution is -2.29. The van der Waals surface area contributed by atoms with Gasteiger partial charge in [-0.05, 0) is 48.9 Å². The molecule has 0 amide bonds. The summed E-state index contributed by atoms with van der Waals surface area (Å²) in [6.07, 6.45) is 4.21. The van der Waals surface area contributed by atoms with E-state index in [2.05, 4.69) is 4.98 Å². The minimum Gasteiger partial charge on any atom is -0.484 e. The van der Waals surface area contributed by atoms with Gasteiger partial charge in [-0.2, -0.15) is 0 Å². The van der Waals surface area contributed by atoms with E-state index in [1.54, 1.807) is 24.5 Å². The van der Waals surface area contributed by atoms with Gasteiger partial charge in [0.15, 0.2) is 9.84 Å². The predicted molar refractivity (Wildman–Crippen MR) is 80.8 cm³/mol. The van der Waals surface area contributed by atoms with Crippen LogP contribution in [0.1, 0.15) is 18.6 Å². The molecule has 0 radical (unpaired) electrons. The lowest BCUT2D eigenvalue weighted by molar-refractivity contribution is 0.180. The molecule has 5 nitrogen and oxygen atoms in total. The van der Waals surface area contributed by atoms with Gasteiger partial charge in [0.25, 0.3) is 0 Å². The number of benzene rings is 1. The lowest BCUT2D eigenvalue weighted by Gasteiger charge is -2.22. The Morgan fingerprint density at radius 1 is 1.10 bits per heavy atom. The number of hydrogen-bond acceptors (Lipinski definition) is 5. The molecule has 0 aliphatic heterocycles. The number of hydrogen-bond donors (Lipinski definition) is 1. The maximum atomic E-state index is 11.4. The maximum Gasteiger partial charge on any atom is 0.175 e. The summed E-state index contributed by atoms with van der Waals surface area (Å²) < 4.78 is 28.7. The predicted octanol–water partition coefficient (Wildman–Crippen LogP) is 1.95. The average Bonchev–Trinajstić information content (AvgIpc) is 2.45. The van der Waals surface area contributed by atoms with Gasteiger partial charge in [-0.25, -0.2) is 8.42 Å². The van der Waals surface area contributed by atoms with Crippen LogP contribution < -0.4 is 10.5 Å². The van der Waals surface area contributed by atoms with Gasteiger partial charge in [-0.1, -0.05) is 0 Å². The van der Waals surface area contributed by atoms with E-state index in [4.69, 9.17) is 10.5 Å². The van der Waals surface area contributed by atoms with Gasteiger partial charge in [-0.15, -0.1) is 0 Å². The molecule has 0 spiro atoms. The fourth-order valence-electron chi connectivity index (χ4n) is 1.94. The van der Waals surface area contributed by atoms with Gasteiger partial charge in [-0.3, -0.25) is 4.98 Å². The van der Waals surface area contributed by atoms with Crippen LogP contribution in [0.15, 0.2) is 53.7 Å². The summed E-state index contributed by atoms with van der Waals surface area (Å²) in [5.41, 5.74) is 6.90. The third-order valence-corrected chi connectivity index (χ3v) is 4.16. The molecule has 2 unspecified atom stereocenters. The number of rotatable bonds is 5. The highest BCUT2D eigenvalue weighted by atomic mass is 32.2. The molecule has 6 heteroatoms. The van der Waals surface area contributed by atoms with Crippen LogP contribution in [0.2, 0.25) is 0 Å². The molecule has 0 aliphatic carbocycles. The normalized spacial score (nSPS) is 14.4. The maximum absolute atomic E-state index is 11.4. The summed E-state index contributed by atoms with van der Waals surface area (Å²) in [4.78, 5) is 4.23. The molecule has 2 N–H and O–H groups in total. The molecule has 2 rings (SSSR count). The van der Waals surface area contributed by atoms with Gasteiger partial charge in [0.2, 0.25) is 0 Å². The molecule has 1 heterocycles. The molecule has 1 aromatic carbocycles. The second kappa shape index (κ2) is 6.24. The van der Waals surface area contributed by atoms with Crippen LogP contribution in [-0.2, 0) is 9.84 Å². The fourth-order valence-corrected chi connectivity index (χ4v) is 2.57. The van der Waals surface area contributed by atoms with E-state index >= 15 is 0 Å². The smallest absolute Gasteiger partial charge is 0.175 e. The Kier molecular flexibility index (Phi) is 4.59. The van der Waals surface area contributed by atoms with Crippen molar-refractivity contribution in [3.63, 3.8) is 0 Å². The quantitative estimate of drug-likeness (QED) is 0.913. The first-order chi connectivity index (χ1) is 9.88. The topological polar surface area (TPSA) is 82.3 Å². The molecule has 0 saturated heterocycles. The second-order valence-electron chi connectivity index (χ2n) is 4.92. The molecule has 0 saturated carbocycles. The van der Waals surface area contributed by atoms with Gasteiger partial charge in [0.05, 0.1) is 4.90 Å². The molecule has 0 fully saturated rings. The molecular weight excluding hydrogens is 288 g/mol. The number of pyridine rings is 1. The molecule has 21 heavy (non-hydrogen) atoms. The monoisotopic (exact) mass is 306 g/mol. The fraction of sp³-hybridized carbons (Fsp3) is 0.267. The van der Waals surface area contributed by atoms with E-state index in [1.807, 2.05) is 19.1 Å². The largest absolute Gasteiger partial charge is 0.484 e. The van der Waals surface area contributed by atoms with Gasteiger partial charge < -0.3 is 10.5 Å². The van der Waals surface area contributed by atoms with Crippen molar-refractivity contribution in [3.8, 4) is 5.75 Å². The van der Waals surface area contributed by atoms with E-state index in [0.717, 1.165) is 5.56 Å². The number of nitrogens with two attached hydrogens (primary N) is 1. The molecule has 2 atom stereocenters. The third-order valence-electron chi connectivity index (χ3n) is 3.03. The zero-order chi connectivity index (χ0) is 15.5. The van der Waals surface area contributed by atoms with Crippen LogP contribution in [0, 0.1) is 0 Å². The number of nitrogens with zero attached hydrogens (tertiary/aromatic N) is 1. The summed E-state index contributed by atoms with van der Waals surface area (Å²) in [5.74, 6) is 0.571. The summed E-state index contributed by atoms with van der Waals surface area (Å²) in [5, 5.41) is 0. The number of ether oxygens (including phenoxy) is 1. The zero-order valence-corrected chi connectivity index (χ0v) is 12.7. The highest BCUT2D eigenvalue weighted by Crippen LogP contribution is 2.25. The first kappa shape index (κ1) is 15.5. The van der Waals surface area contributed by atoms with Crippen LogP contribution >= 0.6 is 0 Å². The molecule has 2 aromatic rings. The van der Waals surface area contributed by atoms with Gasteiger partial charge >= 0.3 is 0 Å². The Hall–Kier alpha value is -1.92. The first-order valence-corrected chi connectivity index (χ1v) is 8.39. The minimum atomic E-state index is -3.21. The Balaban J connectivity index is 2.22. The van der Waals surface area contributed by atoms with Crippen molar-refractivity contribution < 1.29 is 13.2 Å². The van der Waals surface area contributed by atoms with Crippen molar-refractivity contribution in [2.45, 2.75) is 24.0 Å². The molecule has 112 valence electrons. The van der Waals surface area contributed by atoms with E-state index in [0.29, 0.717) is 5.75 Å². The first-order valence-electron chi connectivity index (χ1n) is 6.50. The van der Waals surface area contributed by atoms with Crippen molar-refractivity contribution in [2.75, 3.05) is 6.26 Å². The van der Waals surface area contributed by atoms with Crippen LogP contribution in [0.4, 0.5) is 0 Å². The van der Waals surface area contributed by atoms with Crippen LogP contribution in [0.25, 0.3) is 0 Å². The van der Waals surface area contributed by atoms with E-state index in [-0.39, 0.29) is 17.0 Å². The molecular formula is C15H18N2O3S. The van der Waals surface area contributed by atoms with Crippen molar-refractivity contribution in [1.82, 2.24) is 4.98 Å². The van der Waals surface area contributed by atoms with E-state index in [9.17, 15) is 8.42 Å². The Morgan fingerprint density at radius 2 is 1.67 bits per heavy atom. The zero-order valence-electron chi connectivity index (χ0n) is 11.9. The van der Waals surface area contributed by atoms with E-state index in [1.165, 1.54) is 18.4 Å². The van der Waals surface area contributed by atoms with Crippen LogP contribution in [-0.4, -0.2) is 25.7 Å². The standard InChI is InChI=1S/C15H18N2O3S/c1-11(16)15(12-7-9-17-10-8-12)20-13-3-5-14(6-4-13)21(2,18)19/h3-11,15H,16H2,1-2H3. The molecule has 0 aliphatic rings. The van der Waals surface area contributed by atoms with Crippen molar-refractivity contribution in [2.24, 2.45) is 5.73 Å². The van der Waals surface area contributed by atoms with Crippen molar-refractivity contribution >= 4 is 9.84 Å². The number of aromatic nitrogens is 1. The van der Waals surface area contributed by atoms with Gasteiger partial charge in [0, 0.05) is 24.7 Å². The highest BCUT2D eigenvalue weighted by molar-refractivity contribution is 7.90. The minimum absolute atomic E-state index is 0.220. The average molecular weight is 306 g/mol. The summed E-state index contributed by atoms with van der Waals surface area (Å²) >= 11 is 0. The Morgan fingerprint density at radius 3 is 2.14 bits per heavy atom. The Labute approximate surface area is 124 Å². The molecule has 0 bridgehead atoms. The van der Waals surface area contributed by atoms with Crippen molar-refractivity contribution in [1.29, 1.82) is 0 Å². The third kappa shape index (κ3) is 4.03. The van der Waals surface area contributed by atoms with Crippen LogP contribution in [0.3, 0.4) is 0 Å². The summed E-state index contributed by atoms with van der Waals surface area (Å²) in [7, 11) is -3.21. The SMILES string of the molecule is CC(N)C(Oc1ccc(S(C)(=O)=O)cc1)c1ccncc1. The Bertz CT molecular complexity index is 683. The lowest BCUT2D eigenvalue weighted by atomic mass is 10.1. The second-order valence-corrected chi connectivity index (χ2v) is 6.94. The highest BCUT2D eigenvalue weighted by Gasteiger charge is 2.18. The number of sulfone groups is 1. The van der Waals surface area contributed by atoms with Crippen molar-refractivity contribution in [3.05, 3.63) is 54.4 Å². The van der Waals surface area contributed by atoms with Crippen LogP contribution in [0.5, 0.6) is 5.75 Å². The summed E-state index contributed by atoms with van der Waals surface area (Å²) in [6.45, 7) is 1.86. The van der Waals surface area contributed by atoms with Gasteiger partial charge in [0.1, 0.15) is 11.9 Å².